The van der Waals surface area contributed by atoms with Gasteiger partial charge in [-0.2, -0.15) is 4.31 Å². The molecular formula is C21H25ClN2O3S. The van der Waals surface area contributed by atoms with Gasteiger partial charge in [-0.25, -0.2) is 8.42 Å². The number of benzene rings is 2. The number of amides is 1. The van der Waals surface area contributed by atoms with Gasteiger partial charge < -0.3 is 5.32 Å². The molecule has 28 heavy (non-hydrogen) atoms. The monoisotopic (exact) mass is 420 g/mol. The van der Waals surface area contributed by atoms with Crippen molar-refractivity contribution in [3.05, 3.63) is 59.1 Å². The van der Waals surface area contributed by atoms with Gasteiger partial charge in [-0.05, 0) is 54.7 Å². The number of rotatable bonds is 5. The van der Waals surface area contributed by atoms with Crippen LogP contribution in [0.3, 0.4) is 0 Å². The van der Waals surface area contributed by atoms with Gasteiger partial charge in [0.05, 0.1) is 4.90 Å². The van der Waals surface area contributed by atoms with Crippen LogP contribution in [0.2, 0.25) is 5.02 Å². The van der Waals surface area contributed by atoms with E-state index in [1.807, 2.05) is 12.1 Å². The van der Waals surface area contributed by atoms with Crippen molar-refractivity contribution in [2.24, 2.45) is 5.92 Å². The predicted molar refractivity (Wildman–Crippen MR) is 112 cm³/mol. The van der Waals surface area contributed by atoms with Gasteiger partial charge >= 0.3 is 0 Å². The lowest BCUT2D eigenvalue weighted by Crippen LogP contribution is -2.41. The molecular weight excluding hydrogens is 396 g/mol. The zero-order valence-electron chi connectivity index (χ0n) is 16.1. The van der Waals surface area contributed by atoms with Gasteiger partial charge in [0, 0.05) is 29.7 Å². The van der Waals surface area contributed by atoms with Crippen molar-refractivity contribution in [2.75, 3.05) is 18.4 Å². The fourth-order valence-corrected chi connectivity index (χ4v) is 5.00. The lowest BCUT2D eigenvalue weighted by atomic mass is 9.97. The number of anilines is 1. The molecule has 0 atom stereocenters. The highest BCUT2D eigenvalue weighted by atomic mass is 35.5. The molecule has 1 aliphatic rings. The van der Waals surface area contributed by atoms with Gasteiger partial charge in [0.25, 0.3) is 0 Å². The second kappa shape index (κ2) is 8.64. The molecule has 7 heteroatoms. The number of hydrogen-bond donors (Lipinski definition) is 1. The quantitative estimate of drug-likeness (QED) is 0.774. The molecule has 1 fully saturated rings. The summed E-state index contributed by atoms with van der Waals surface area (Å²) >= 11 is 5.94. The van der Waals surface area contributed by atoms with E-state index in [4.69, 9.17) is 11.6 Å². The molecule has 0 bridgehead atoms. The first-order valence-corrected chi connectivity index (χ1v) is 11.3. The number of nitrogens with one attached hydrogen (secondary N) is 1. The van der Waals surface area contributed by atoms with Crippen LogP contribution in [0.5, 0.6) is 0 Å². The third-order valence-corrected chi connectivity index (χ3v) is 7.25. The minimum Gasteiger partial charge on any atom is -0.326 e. The molecule has 1 aliphatic heterocycles. The van der Waals surface area contributed by atoms with E-state index in [-0.39, 0.29) is 11.8 Å². The molecule has 1 amide bonds. The Morgan fingerprint density at radius 2 is 1.75 bits per heavy atom. The number of carbonyl (C=O) groups excluding carboxylic acids is 1. The van der Waals surface area contributed by atoms with Gasteiger partial charge in [-0.15, -0.1) is 0 Å². The number of hydrogen-bond acceptors (Lipinski definition) is 3. The second-order valence-corrected chi connectivity index (χ2v) is 9.78. The van der Waals surface area contributed by atoms with E-state index >= 15 is 0 Å². The lowest BCUT2D eigenvalue weighted by Gasteiger charge is -2.30. The van der Waals surface area contributed by atoms with Crippen molar-refractivity contribution < 1.29 is 13.2 Å². The number of nitrogens with zero attached hydrogens (tertiary/aromatic N) is 1. The molecule has 1 N–H and O–H groups in total. The van der Waals surface area contributed by atoms with Crippen LogP contribution in [-0.4, -0.2) is 31.7 Å². The molecule has 0 aliphatic carbocycles. The Morgan fingerprint density at radius 3 is 2.32 bits per heavy atom. The van der Waals surface area contributed by atoms with Gasteiger partial charge in [0.15, 0.2) is 0 Å². The summed E-state index contributed by atoms with van der Waals surface area (Å²) in [4.78, 5) is 12.8. The summed E-state index contributed by atoms with van der Waals surface area (Å²) < 4.78 is 27.2. The van der Waals surface area contributed by atoms with Gasteiger partial charge in [0.2, 0.25) is 15.9 Å². The Morgan fingerprint density at radius 1 is 1.11 bits per heavy atom. The van der Waals surface area contributed by atoms with Crippen LogP contribution in [-0.2, 0) is 14.8 Å². The maximum Gasteiger partial charge on any atom is 0.243 e. The van der Waals surface area contributed by atoms with E-state index < -0.39 is 10.0 Å². The highest BCUT2D eigenvalue weighted by molar-refractivity contribution is 7.89. The summed E-state index contributed by atoms with van der Waals surface area (Å²) in [5.41, 5.74) is 1.76. The number of sulfonamides is 1. The van der Waals surface area contributed by atoms with Crippen LogP contribution in [0.1, 0.15) is 38.2 Å². The molecule has 2 aromatic carbocycles. The Balaban J connectivity index is 1.61. The average molecular weight is 421 g/mol. The smallest absolute Gasteiger partial charge is 0.243 e. The molecule has 150 valence electrons. The van der Waals surface area contributed by atoms with Crippen LogP contribution >= 0.6 is 11.6 Å². The van der Waals surface area contributed by atoms with Crippen LogP contribution in [0, 0.1) is 5.92 Å². The first-order valence-electron chi connectivity index (χ1n) is 9.44. The minimum absolute atomic E-state index is 0.0967. The van der Waals surface area contributed by atoms with Gasteiger partial charge in [-0.3, -0.25) is 4.79 Å². The minimum atomic E-state index is -3.53. The van der Waals surface area contributed by atoms with Crippen molar-refractivity contribution in [3.8, 4) is 0 Å². The summed E-state index contributed by atoms with van der Waals surface area (Å²) in [5, 5.41) is 3.42. The third-order valence-electron chi connectivity index (χ3n) is 5.10. The lowest BCUT2D eigenvalue weighted by molar-refractivity contribution is -0.120. The summed E-state index contributed by atoms with van der Waals surface area (Å²) in [6, 6.07) is 14.1. The molecule has 1 heterocycles. The summed E-state index contributed by atoms with van der Waals surface area (Å²) in [7, 11) is -3.53. The molecule has 0 saturated carbocycles. The molecule has 5 nitrogen and oxygen atoms in total. The van der Waals surface area contributed by atoms with Crippen molar-refractivity contribution in [3.63, 3.8) is 0 Å². The Hall–Kier alpha value is -1.89. The van der Waals surface area contributed by atoms with Crippen molar-refractivity contribution in [1.29, 1.82) is 0 Å². The topological polar surface area (TPSA) is 66.5 Å². The van der Waals surface area contributed by atoms with Crippen molar-refractivity contribution >= 4 is 33.2 Å². The second-order valence-electron chi connectivity index (χ2n) is 7.40. The van der Waals surface area contributed by atoms with Crippen molar-refractivity contribution in [2.45, 2.75) is 37.5 Å². The third kappa shape index (κ3) is 4.74. The molecule has 2 aromatic rings. The van der Waals surface area contributed by atoms with Crippen LogP contribution in [0.25, 0.3) is 0 Å². The fraction of sp³-hybridized carbons (Fsp3) is 0.381. The Bertz CT molecular complexity index is 934. The van der Waals surface area contributed by atoms with E-state index in [1.54, 1.807) is 36.4 Å². The van der Waals surface area contributed by atoms with E-state index in [0.717, 1.165) is 5.56 Å². The van der Waals surface area contributed by atoms with Gasteiger partial charge in [0.1, 0.15) is 0 Å². The summed E-state index contributed by atoms with van der Waals surface area (Å²) in [6.45, 7) is 4.81. The van der Waals surface area contributed by atoms with E-state index in [2.05, 4.69) is 19.2 Å². The SMILES string of the molecule is CC(C)c1ccc(S(=O)(=O)N2CCC(C(=O)Nc3cccc(Cl)c3)CC2)cc1. The number of carbonyl (C=O) groups is 1. The summed E-state index contributed by atoms with van der Waals surface area (Å²) in [5.74, 6) is 0.0415. The van der Waals surface area contributed by atoms with Crippen molar-refractivity contribution in [1.82, 2.24) is 4.31 Å². The van der Waals surface area contributed by atoms with Crippen LogP contribution in [0.4, 0.5) is 5.69 Å². The fourth-order valence-electron chi connectivity index (χ4n) is 3.34. The predicted octanol–water partition coefficient (Wildman–Crippen LogP) is 4.50. The first kappa shape index (κ1) is 20.8. The van der Waals surface area contributed by atoms with Gasteiger partial charge in [-0.1, -0.05) is 43.6 Å². The van der Waals surface area contributed by atoms with Crippen LogP contribution < -0.4 is 5.32 Å². The molecule has 1 saturated heterocycles. The largest absolute Gasteiger partial charge is 0.326 e. The Labute approximate surface area is 171 Å². The molecule has 0 spiro atoms. The van der Waals surface area contributed by atoms with E-state index in [0.29, 0.717) is 47.5 Å². The zero-order valence-corrected chi connectivity index (χ0v) is 17.6. The average Bonchev–Trinajstić information content (AvgIpc) is 2.68. The number of piperidine rings is 1. The highest BCUT2D eigenvalue weighted by Gasteiger charge is 2.32. The number of halogens is 1. The molecule has 0 radical (unpaired) electrons. The van der Waals surface area contributed by atoms with E-state index in [9.17, 15) is 13.2 Å². The standard InChI is InChI=1S/C21H25ClN2O3S/c1-15(2)16-6-8-20(9-7-16)28(26,27)24-12-10-17(11-13-24)21(25)23-19-5-3-4-18(22)14-19/h3-9,14-15,17H,10-13H2,1-2H3,(H,23,25). The first-order chi connectivity index (χ1) is 13.3. The normalized spacial score (nSPS) is 16.3. The van der Waals surface area contributed by atoms with Crippen LogP contribution in [0.15, 0.2) is 53.4 Å². The highest BCUT2D eigenvalue weighted by Crippen LogP contribution is 2.26. The molecule has 0 unspecified atom stereocenters. The Kier molecular flexibility index (Phi) is 6.43. The zero-order chi connectivity index (χ0) is 20.3. The maximum atomic E-state index is 12.9. The van der Waals surface area contributed by atoms with E-state index in [1.165, 1.54) is 4.31 Å². The molecule has 0 aromatic heterocycles. The summed E-state index contributed by atoms with van der Waals surface area (Å²) in [6.07, 6.45) is 0.991. The molecule has 3 rings (SSSR count). The maximum absolute atomic E-state index is 12.9.